The average molecular weight is 392 g/mol. The number of carbonyl (C=O) groups excluding carboxylic acids is 1. The largest absolute Gasteiger partial charge is 0.493 e. The third-order valence-electron chi connectivity index (χ3n) is 3.69. The second kappa shape index (κ2) is 7.88. The van der Waals surface area contributed by atoms with Gasteiger partial charge in [0.25, 0.3) is 0 Å². The maximum absolute atomic E-state index is 12.2. The van der Waals surface area contributed by atoms with Crippen LogP contribution in [0.5, 0.6) is 5.75 Å². The molecule has 1 unspecified atom stereocenters. The molecule has 0 radical (unpaired) electrons. The van der Waals surface area contributed by atoms with Crippen LogP contribution in [0.1, 0.15) is 24.4 Å². The molecule has 1 heterocycles. The summed E-state index contributed by atoms with van der Waals surface area (Å²) in [5, 5.41) is 3.13. The van der Waals surface area contributed by atoms with Crippen molar-refractivity contribution in [1.82, 2.24) is 5.32 Å². The van der Waals surface area contributed by atoms with Crippen molar-refractivity contribution >= 4 is 33.6 Å². The zero-order valence-electron chi connectivity index (χ0n) is 12.6. The summed E-state index contributed by atoms with van der Waals surface area (Å²) in [5.41, 5.74) is 1.23. The molecule has 3 nitrogen and oxygen atoms in total. The fourth-order valence-electron chi connectivity index (χ4n) is 2.58. The summed E-state index contributed by atoms with van der Waals surface area (Å²) in [6.07, 6.45) is 1.33. The molecule has 0 spiro atoms. The van der Waals surface area contributed by atoms with Crippen LogP contribution in [0, 0.1) is 0 Å². The Morgan fingerprint density at radius 1 is 1.26 bits per heavy atom. The van der Waals surface area contributed by atoms with E-state index in [0.29, 0.717) is 13.0 Å². The summed E-state index contributed by atoms with van der Waals surface area (Å²) in [7, 11) is 0. The minimum atomic E-state index is 0.0340. The van der Waals surface area contributed by atoms with Crippen LogP contribution in [0.4, 0.5) is 0 Å². The van der Waals surface area contributed by atoms with E-state index in [9.17, 15) is 4.79 Å². The molecular weight excluding hydrogens is 374 g/mol. The van der Waals surface area contributed by atoms with E-state index in [1.54, 1.807) is 0 Å². The van der Waals surface area contributed by atoms with E-state index in [-0.39, 0.29) is 11.9 Å². The van der Waals surface area contributed by atoms with Gasteiger partial charge in [0.05, 0.1) is 19.1 Å². The molecule has 1 N–H and O–H groups in total. The highest BCUT2D eigenvalue weighted by Gasteiger charge is 2.21. The van der Waals surface area contributed by atoms with Gasteiger partial charge in [0.1, 0.15) is 5.75 Å². The van der Waals surface area contributed by atoms with Crippen LogP contribution in [0.25, 0.3) is 0 Å². The SMILES string of the molecule is O=C(CCOc1cccc(Br)c1)NC1CCSc2ccccc21. The lowest BCUT2D eigenvalue weighted by molar-refractivity contribution is -0.122. The van der Waals surface area contributed by atoms with Gasteiger partial charge in [-0.1, -0.05) is 40.2 Å². The van der Waals surface area contributed by atoms with Gasteiger partial charge in [0.15, 0.2) is 0 Å². The third kappa shape index (κ3) is 4.52. The number of carbonyl (C=O) groups is 1. The van der Waals surface area contributed by atoms with Crippen molar-refractivity contribution in [3.63, 3.8) is 0 Å². The molecule has 0 saturated heterocycles. The summed E-state index contributed by atoms with van der Waals surface area (Å²) in [6, 6.07) is 16.0. The molecule has 23 heavy (non-hydrogen) atoms. The van der Waals surface area contributed by atoms with E-state index < -0.39 is 0 Å². The minimum absolute atomic E-state index is 0.0340. The Labute approximate surface area is 148 Å². The van der Waals surface area contributed by atoms with Gasteiger partial charge in [-0.25, -0.2) is 0 Å². The summed E-state index contributed by atoms with van der Waals surface area (Å²) in [4.78, 5) is 13.4. The molecule has 0 saturated carbocycles. The molecule has 0 aliphatic carbocycles. The highest BCUT2D eigenvalue weighted by Crippen LogP contribution is 2.35. The summed E-state index contributed by atoms with van der Waals surface area (Å²) >= 11 is 5.26. The fourth-order valence-corrected chi connectivity index (χ4v) is 4.08. The lowest BCUT2D eigenvalue weighted by atomic mass is 10.0. The van der Waals surface area contributed by atoms with Gasteiger partial charge in [-0.05, 0) is 36.2 Å². The van der Waals surface area contributed by atoms with E-state index in [0.717, 1.165) is 22.4 Å². The van der Waals surface area contributed by atoms with Crippen LogP contribution in [-0.4, -0.2) is 18.3 Å². The molecule has 1 amide bonds. The first-order valence-electron chi connectivity index (χ1n) is 7.62. The Morgan fingerprint density at radius 2 is 2.13 bits per heavy atom. The molecule has 0 fully saturated rings. The molecule has 1 aliphatic rings. The number of benzene rings is 2. The van der Waals surface area contributed by atoms with Gasteiger partial charge < -0.3 is 10.1 Å². The van der Waals surface area contributed by atoms with Gasteiger partial charge in [-0.15, -0.1) is 11.8 Å². The second-order valence-corrected chi connectivity index (χ2v) is 7.40. The quantitative estimate of drug-likeness (QED) is 0.810. The Balaban J connectivity index is 1.50. The zero-order chi connectivity index (χ0) is 16.1. The summed E-state index contributed by atoms with van der Waals surface area (Å²) in [6.45, 7) is 0.380. The number of fused-ring (bicyclic) bond motifs is 1. The first-order valence-corrected chi connectivity index (χ1v) is 9.40. The van der Waals surface area contributed by atoms with E-state index in [2.05, 4.69) is 33.4 Å². The number of nitrogens with one attached hydrogen (secondary N) is 1. The van der Waals surface area contributed by atoms with Crippen molar-refractivity contribution in [2.24, 2.45) is 0 Å². The van der Waals surface area contributed by atoms with Gasteiger partial charge in [0.2, 0.25) is 5.91 Å². The van der Waals surface area contributed by atoms with Crippen molar-refractivity contribution in [2.75, 3.05) is 12.4 Å². The number of amides is 1. The molecule has 3 rings (SSSR count). The van der Waals surface area contributed by atoms with E-state index in [1.165, 1.54) is 10.5 Å². The number of hydrogen-bond acceptors (Lipinski definition) is 3. The highest BCUT2D eigenvalue weighted by molar-refractivity contribution is 9.10. The number of hydrogen-bond donors (Lipinski definition) is 1. The highest BCUT2D eigenvalue weighted by atomic mass is 79.9. The third-order valence-corrected chi connectivity index (χ3v) is 5.30. The molecule has 1 aliphatic heterocycles. The predicted octanol–water partition coefficient (Wildman–Crippen LogP) is 4.57. The second-order valence-electron chi connectivity index (χ2n) is 5.35. The summed E-state index contributed by atoms with van der Waals surface area (Å²) in [5.74, 6) is 1.84. The summed E-state index contributed by atoms with van der Waals surface area (Å²) < 4.78 is 6.59. The lowest BCUT2D eigenvalue weighted by Crippen LogP contribution is -2.31. The van der Waals surface area contributed by atoms with Crippen molar-refractivity contribution in [2.45, 2.75) is 23.8 Å². The van der Waals surface area contributed by atoms with Crippen molar-refractivity contribution < 1.29 is 9.53 Å². The van der Waals surface area contributed by atoms with Gasteiger partial charge in [0, 0.05) is 15.1 Å². The molecule has 0 aromatic heterocycles. The van der Waals surface area contributed by atoms with E-state index >= 15 is 0 Å². The molecule has 2 aromatic rings. The Morgan fingerprint density at radius 3 is 3.00 bits per heavy atom. The molecule has 5 heteroatoms. The minimum Gasteiger partial charge on any atom is -0.493 e. The van der Waals surface area contributed by atoms with Crippen LogP contribution in [0.15, 0.2) is 57.9 Å². The molecular formula is C18H18BrNO2S. The van der Waals surface area contributed by atoms with Gasteiger partial charge >= 0.3 is 0 Å². The number of halogens is 1. The van der Waals surface area contributed by atoms with Crippen LogP contribution >= 0.6 is 27.7 Å². The Bertz CT molecular complexity index is 692. The number of rotatable bonds is 5. The van der Waals surface area contributed by atoms with E-state index in [4.69, 9.17) is 4.74 Å². The Hall–Kier alpha value is -1.46. The van der Waals surface area contributed by atoms with Gasteiger partial charge in [-0.2, -0.15) is 0 Å². The number of ether oxygens (including phenoxy) is 1. The average Bonchev–Trinajstić information content (AvgIpc) is 2.55. The normalized spacial score (nSPS) is 16.5. The van der Waals surface area contributed by atoms with Crippen LogP contribution < -0.4 is 10.1 Å². The van der Waals surface area contributed by atoms with Crippen molar-refractivity contribution in [1.29, 1.82) is 0 Å². The van der Waals surface area contributed by atoms with Crippen LogP contribution in [0.3, 0.4) is 0 Å². The van der Waals surface area contributed by atoms with Crippen LogP contribution in [0.2, 0.25) is 0 Å². The van der Waals surface area contributed by atoms with Crippen molar-refractivity contribution in [3.8, 4) is 5.75 Å². The van der Waals surface area contributed by atoms with E-state index in [1.807, 2.05) is 48.2 Å². The molecule has 2 aromatic carbocycles. The number of thioether (sulfide) groups is 1. The molecule has 0 bridgehead atoms. The predicted molar refractivity (Wildman–Crippen MR) is 96.9 cm³/mol. The molecule has 1 atom stereocenters. The first kappa shape index (κ1) is 16.4. The fraction of sp³-hybridized carbons (Fsp3) is 0.278. The first-order chi connectivity index (χ1) is 11.2. The van der Waals surface area contributed by atoms with Gasteiger partial charge in [-0.3, -0.25) is 4.79 Å². The van der Waals surface area contributed by atoms with Crippen LogP contribution in [-0.2, 0) is 4.79 Å². The topological polar surface area (TPSA) is 38.3 Å². The molecule has 120 valence electrons. The monoisotopic (exact) mass is 391 g/mol. The smallest absolute Gasteiger partial charge is 0.223 e. The lowest BCUT2D eigenvalue weighted by Gasteiger charge is -2.25. The standard InChI is InChI=1S/C18H18BrNO2S/c19-13-4-3-5-14(12-13)22-10-8-18(21)20-16-9-11-23-17-7-2-1-6-15(16)17/h1-7,12,16H,8-11H2,(H,20,21). The Kier molecular flexibility index (Phi) is 5.62. The zero-order valence-corrected chi connectivity index (χ0v) is 15.0. The van der Waals surface area contributed by atoms with Crippen molar-refractivity contribution in [3.05, 3.63) is 58.6 Å². The maximum atomic E-state index is 12.2. The maximum Gasteiger partial charge on any atom is 0.223 e.